The highest BCUT2D eigenvalue weighted by Gasteiger charge is 2.37. The number of alkyl halides is 2. The molecule has 0 saturated heterocycles. The van der Waals surface area contributed by atoms with Gasteiger partial charge in [-0.25, -0.2) is 0 Å². The summed E-state index contributed by atoms with van der Waals surface area (Å²) in [5.74, 6) is -0.769. The van der Waals surface area contributed by atoms with Crippen LogP contribution in [0.25, 0.3) is 0 Å². The van der Waals surface area contributed by atoms with E-state index in [9.17, 15) is 9.59 Å². The molecule has 0 saturated carbocycles. The third-order valence-corrected chi connectivity index (χ3v) is 2.67. The summed E-state index contributed by atoms with van der Waals surface area (Å²) in [6.45, 7) is 3.36. The first kappa shape index (κ1) is 11.9. The smallest absolute Gasteiger partial charge is 0.160 e. The predicted octanol–water partition coefficient (Wildman–Crippen LogP) is 2.02. The lowest BCUT2D eigenvalue weighted by molar-refractivity contribution is -0.137. The minimum Gasteiger partial charge on any atom is -0.297 e. The van der Waals surface area contributed by atoms with Gasteiger partial charge in [-0.3, -0.25) is 9.59 Å². The lowest BCUT2D eigenvalue weighted by atomic mass is 9.80. The third-order valence-electron chi connectivity index (χ3n) is 2.18. The molecule has 0 radical (unpaired) electrons. The van der Waals surface area contributed by atoms with Crippen LogP contribution in [-0.4, -0.2) is 23.3 Å². The van der Waals surface area contributed by atoms with E-state index < -0.39 is 5.41 Å². The molecule has 0 heterocycles. The first-order valence-corrected chi connectivity index (χ1v) is 4.78. The lowest BCUT2D eigenvalue weighted by Crippen LogP contribution is -2.37. The molecule has 0 aromatic heterocycles. The van der Waals surface area contributed by atoms with Crippen LogP contribution in [-0.2, 0) is 9.59 Å². The fourth-order valence-corrected chi connectivity index (χ4v) is 1.43. The molecule has 0 aliphatic carbocycles. The van der Waals surface area contributed by atoms with E-state index in [2.05, 4.69) is 0 Å². The van der Waals surface area contributed by atoms with Gasteiger partial charge >= 0.3 is 0 Å². The molecular weight excluding hydrogens is 199 g/mol. The van der Waals surface area contributed by atoms with Gasteiger partial charge in [0.1, 0.15) is 0 Å². The van der Waals surface area contributed by atoms with E-state index in [0.717, 1.165) is 0 Å². The maximum Gasteiger partial charge on any atom is 0.160 e. The molecule has 0 unspecified atom stereocenters. The second kappa shape index (κ2) is 4.83. The number of halogens is 2. The Kier molecular flexibility index (Phi) is 4.80. The second-order valence-corrected chi connectivity index (χ2v) is 3.33. The number of carbonyl (C=O) groups excluding carboxylic acids is 2. The van der Waals surface area contributed by atoms with E-state index in [4.69, 9.17) is 23.2 Å². The van der Waals surface area contributed by atoms with Crippen molar-refractivity contribution in [3.8, 4) is 0 Å². The summed E-state index contributed by atoms with van der Waals surface area (Å²) in [6.07, 6.45) is 0.449. The minimum absolute atomic E-state index is 0.132. The Balaban J connectivity index is 4.66. The zero-order chi connectivity index (χ0) is 9.78. The predicted molar refractivity (Wildman–Crippen MR) is 49.9 cm³/mol. The summed E-state index contributed by atoms with van der Waals surface area (Å²) in [6, 6.07) is 0. The van der Waals surface area contributed by atoms with Gasteiger partial charge in [0.25, 0.3) is 0 Å². The third kappa shape index (κ3) is 2.20. The first-order valence-electron chi connectivity index (χ1n) is 3.71. The molecule has 0 N–H and O–H groups in total. The molecule has 0 amide bonds. The molecule has 0 aliphatic rings. The van der Waals surface area contributed by atoms with E-state index in [-0.39, 0.29) is 23.3 Å². The molecule has 0 bridgehead atoms. The standard InChI is InChI=1S/C8H12Cl2O2/c1-3-8(2,6(11)4-9)7(12)5-10/h3-5H2,1-2H3. The van der Waals surface area contributed by atoms with Crippen molar-refractivity contribution in [3.63, 3.8) is 0 Å². The van der Waals surface area contributed by atoms with Crippen LogP contribution < -0.4 is 0 Å². The zero-order valence-electron chi connectivity index (χ0n) is 7.19. The van der Waals surface area contributed by atoms with Gasteiger partial charge in [0, 0.05) is 0 Å². The summed E-state index contributed by atoms with van der Waals surface area (Å²) in [7, 11) is 0. The van der Waals surface area contributed by atoms with Crippen LogP contribution in [0, 0.1) is 5.41 Å². The van der Waals surface area contributed by atoms with Gasteiger partial charge in [0.15, 0.2) is 11.6 Å². The summed E-state index contributed by atoms with van der Waals surface area (Å²) in [5, 5.41) is 0. The van der Waals surface area contributed by atoms with Crippen molar-refractivity contribution < 1.29 is 9.59 Å². The van der Waals surface area contributed by atoms with E-state index in [1.165, 1.54) is 0 Å². The number of hydrogen-bond donors (Lipinski definition) is 0. The van der Waals surface area contributed by atoms with Crippen LogP contribution in [0.1, 0.15) is 20.3 Å². The fraction of sp³-hybridized carbons (Fsp3) is 0.750. The van der Waals surface area contributed by atoms with Gasteiger partial charge in [-0.05, 0) is 13.3 Å². The molecule has 2 nitrogen and oxygen atoms in total. The first-order chi connectivity index (χ1) is 5.52. The number of carbonyl (C=O) groups is 2. The maximum atomic E-state index is 11.3. The highest BCUT2D eigenvalue weighted by molar-refractivity contribution is 6.34. The number of Topliss-reactive ketones (excluding diaryl/α,β-unsaturated/α-hetero) is 2. The quantitative estimate of drug-likeness (QED) is 0.515. The average Bonchev–Trinajstić information content (AvgIpc) is 2.13. The maximum absolute atomic E-state index is 11.3. The van der Waals surface area contributed by atoms with E-state index in [1.807, 2.05) is 0 Å². The van der Waals surface area contributed by atoms with Crippen LogP contribution in [0.15, 0.2) is 0 Å². The molecule has 0 fully saturated rings. The molecule has 12 heavy (non-hydrogen) atoms. The van der Waals surface area contributed by atoms with Gasteiger partial charge in [0.2, 0.25) is 0 Å². The van der Waals surface area contributed by atoms with Gasteiger partial charge in [-0.2, -0.15) is 0 Å². The van der Waals surface area contributed by atoms with Crippen LogP contribution in [0.2, 0.25) is 0 Å². The topological polar surface area (TPSA) is 34.1 Å². The van der Waals surface area contributed by atoms with E-state index >= 15 is 0 Å². The SMILES string of the molecule is CCC(C)(C(=O)CCl)C(=O)CCl. The normalized spacial score (nSPS) is 11.3. The highest BCUT2D eigenvalue weighted by Crippen LogP contribution is 2.24. The Morgan fingerprint density at radius 2 is 1.50 bits per heavy atom. The minimum atomic E-state index is -0.983. The summed E-state index contributed by atoms with van der Waals surface area (Å²) < 4.78 is 0. The number of ketones is 2. The van der Waals surface area contributed by atoms with Crippen LogP contribution in [0.5, 0.6) is 0 Å². The molecule has 0 aromatic rings. The van der Waals surface area contributed by atoms with E-state index in [0.29, 0.717) is 6.42 Å². The van der Waals surface area contributed by atoms with Crippen LogP contribution >= 0.6 is 23.2 Å². The Bertz CT molecular complexity index is 173. The van der Waals surface area contributed by atoms with Gasteiger partial charge < -0.3 is 0 Å². The van der Waals surface area contributed by atoms with Gasteiger partial charge in [0.05, 0.1) is 17.2 Å². The zero-order valence-corrected chi connectivity index (χ0v) is 8.71. The highest BCUT2D eigenvalue weighted by atomic mass is 35.5. The van der Waals surface area contributed by atoms with Gasteiger partial charge in [-0.15, -0.1) is 23.2 Å². The van der Waals surface area contributed by atoms with Crippen LogP contribution in [0.4, 0.5) is 0 Å². The largest absolute Gasteiger partial charge is 0.297 e. The Labute approximate surface area is 82.2 Å². The molecule has 0 aromatic carbocycles. The second-order valence-electron chi connectivity index (χ2n) is 2.80. The fourth-order valence-electron chi connectivity index (χ4n) is 0.845. The van der Waals surface area contributed by atoms with Crippen molar-refractivity contribution >= 4 is 34.8 Å². The Morgan fingerprint density at radius 3 is 1.67 bits per heavy atom. The van der Waals surface area contributed by atoms with Gasteiger partial charge in [-0.1, -0.05) is 6.92 Å². The summed E-state index contributed by atoms with van der Waals surface area (Å²) in [5.41, 5.74) is -0.983. The van der Waals surface area contributed by atoms with Crippen molar-refractivity contribution in [2.45, 2.75) is 20.3 Å². The molecule has 0 spiro atoms. The van der Waals surface area contributed by atoms with Crippen LogP contribution in [0.3, 0.4) is 0 Å². The monoisotopic (exact) mass is 210 g/mol. The number of hydrogen-bond acceptors (Lipinski definition) is 2. The Hall–Kier alpha value is -0.0800. The van der Waals surface area contributed by atoms with Crippen molar-refractivity contribution in [2.75, 3.05) is 11.8 Å². The van der Waals surface area contributed by atoms with Crippen molar-refractivity contribution in [1.82, 2.24) is 0 Å². The molecule has 70 valence electrons. The summed E-state index contributed by atoms with van der Waals surface area (Å²) in [4.78, 5) is 22.5. The van der Waals surface area contributed by atoms with Crippen molar-refractivity contribution in [2.24, 2.45) is 5.41 Å². The lowest BCUT2D eigenvalue weighted by Gasteiger charge is -2.22. The molecule has 4 heteroatoms. The van der Waals surface area contributed by atoms with E-state index in [1.54, 1.807) is 13.8 Å². The molecule has 0 atom stereocenters. The Morgan fingerprint density at radius 1 is 1.17 bits per heavy atom. The average molecular weight is 211 g/mol. The van der Waals surface area contributed by atoms with Crippen molar-refractivity contribution in [1.29, 1.82) is 0 Å². The summed E-state index contributed by atoms with van der Waals surface area (Å²) >= 11 is 10.7. The molecule has 0 rings (SSSR count). The van der Waals surface area contributed by atoms with Crippen molar-refractivity contribution in [3.05, 3.63) is 0 Å². The number of rotatable bonds is 5. The molecular formula is C8H12Cl2O2. The molecule has 0 aliphatic heterocycles.